The van der Waals surface area contributed by atoms with Crippen LogP contribution in [0, 0.1) is 11.8 Å². The lowest BCUT2D eigenvalue weighted by molar-refractivity contribution is 0.393. The Bertz CT molecular complexity index is 228. The van der Waals surface area contributed by atoms with Crippen molar-refractivity contribution in [1.82, 2.24) is 0 Å². The Morgan fingerprint density at radius 1 is 1.23 bits per heavy atom. The minimum Gasteiger partial charge on any atom is -0.103 e. The van der Waals surface area contributed by atoms with E-state index in [1.165, 1.54) is 24.8 Å². The van der Waals surface area contributed by atoms with Gasteiger partial charge in [0.1, 0.15) is 0 Å². The summed E-state index contributed by atoms with van der Waals surface area (Å²) in [4.78, 5) is 0. The number of allylic oxidation sites excluding steroid dienone is 4. The molecule has 1 aliphatic carbocycles. The first kappa shape index (κ1) is 10.3. The van der Waals surface area contributed by atoms with Gasteiger partial charge in [-0.25, -0.2) is 0 Å². The van der Waals surface area contributed by atoms with Crippen molar-refractivity contribution < 1.29 is 0 Å². The van der Waals surface area contributed by atoms with Crippen molar-refractivity contribution in [3.63, 3.8) is 0 Å². The number of rotatable bonds is 2. The summed E-state index contributed by atoms with van der Waals surface area (Å²) in [5.74, 6) is 1.27. The topological polar surface area (TPSA) is 0 Å². The van der Waals surface area contributed by atoms with Gasteiger partial charge in [0.2, 0.25) is 0 Å². The van der Waals surface area contributed by atoms with Gasteiger partial charge in [0.15, 0.2) is 0 Å². The van der Waals surface area contributed by atoms with Gasteiger partial charge in [0, 0.05) is 0 Å². The van der Waals surface area contributed by atoms with Gasteiger partial charge in [0.25, 0.3) is 0 Å². The van der Waals surface area contributed by atoms with E-state index < -0.39 is 0 Å². The zero-order valence-corrected chi connectivity index (χ0v) is 8.84. The molecule has 0 spiro atoms. The predicted octanol–water partition coefficient (Wildman–Crippen LogP) is 4.11. The van der Waals surface area contributed by atoms with E-state index in [0.717, 1.165) is 0 Å². The van der Waals surface area contributed by atoms with Crippen molar-refractivity contribution in [1.29, 1.82) is 0 Å². The highest BCUT2D eigenvalue weighted by atomic mass is 14.3. The second-order valence-corrected chi connectivity index (χ2v) is 4.15. The maximum absolute atomic E-state index is 3.91. The van der Waals surface area contributed by atoms with Crippen LogP contribution in [0.5, 0.6) is 0 Å². The van der Waals surface area contributed by atoms with E-state index in [9.17, 15) is 0 Å². The van der Waals surface area contributed by atoms with E-state index in [2.05, 4.69) is 39.2 Å². The maximum atomic E-state index is 3.91. The fraction of sp³-hybridized carbons (Fsp3) is 0.538. The zero-order chi connectivity index (χ0) is 9.84. The Morgan fingerprint density at radius 3 is 2.31 bits per heavy atom. The summed E-state index contributed by atoms with van der Waals surface area (Å²) in [6.45, 7) is 12.2. The average Bonchev–Trinajstić information content (AvgIpc) is 2.16. The highest BCUT2D eigenvalue weighted by molar-refractivity contribution is 5.16. The summed E-state index contributed by atoms with van der Waals surface area (Å²) in [5, 5.41) is 0. The van der Waals surface area contributed by atoms with Gasteiger partial charge in [-0.1, -0.05) is 23.3 Å². The Hall–Kier alpha value is -0.780. The van der Waals surface area contributed by atoms with Crippen LogP contribution in [-0.4, -0.2) is 0 Å². The van der Waals surface area contributed by atoms with E-state index in [1.807, 2.05) is 0 Å². The molecule has 0 bridgehead atoms. The molecule has 72 valence electrons. The minimum atomic E-state index is 0.621. The van der Waals surface area contributed by atoms with E-state index >= 15 is 0 Å². The smallest absolute Gasteiger partial charge is 0.0136 e. The molecule has 1 aliphatic rings. The summed E-state index contributed by atoms with van der Waals surface area (Å²) < 4.78 is 0. The van der Waals surface area contributed by atoms with Gasteiger partial charge in [-0.2, -0.15) is 0 Å². The standard InChI is InChI=1S/C13H20/c1-5-11-7-8-13(10(3)4)9-12(11)6-2/h5-6,11-12H,1-2,7-9H2,3-4H3/t11-,12+/m1/s1. The molecule has 0 heterocycles. The molecule has 0 N–H and O–H groups in total. The van der Waals surface area contributed by atoms with Crippen LogP contribution in [0.1, 0.15) is 33.1 Å². The number of hydrogen-bond acceptors (Lipinski definition) is 0. The third-order valence-corrected chi connectivity index (χ3v) is 3.12. The van der Waals surface area contributed by atoms with Gasteiger partial charge in [-0.3, -0.25) is 0 Å². The first-order valence-corrected chi connectivity index (χ1v) is 5.09. The minimum absolute atomic E-state index is 0.621. The monoisotopic (exact) mass is 176 g/mol. The van der Waals surface area contributed by atoms with Crippen molar-refractivity contribution in [2.45, 2.75) is 33.1 Å². The quantitative estimate of drug-likeness (QED) is 0.555. The van der Waals surface area contributed by atoms with Gasteiger partial charge in [-0.15, -0.1) is 13.2 Å². The zero-order valence-electron chi connectivity index (χ0n) is 8.84. The predicted molar refractivity (Wildman–Crippen MR) is 59.6 cm³/mol. The molecule has 0 aromatic heterocycles. The van der Waals surface area contributed by atoms with Gasteiger partial charge >= 0.3 is 0 Å². The molecule has 1 saturated carbocycles. The fourth-order valence-corrected chi connectivity index (χ4v) is 2.10. The van der Waals surface area contributed by atoms with Crippen LogP contribution in [0.15, 0.2) is 36.5 Å². The highest BCUT2D eigenvalue weighted by Crippen LogP contribution is 2.35. The van der Waals surface area contributed by atoms with Gasteiger partial charge in [0.05, 0.1) is 0 Å². The molecule has 0 nitrogen and oxygen atoms in total. The number of hydrogen-bond donors (Lipinski definition) is 0. The molecule has 0 unspecified atom stereocenters. The molecular weight excluding hydrogens is 156 g/mol. The average molecular weight is 176 g/mol. The van der Waals surface area contributed by atoms with Crippen LogP contribution >= 0.6 is 0 Å². The molecule has 1 rings (SSSR count). The van der Waals surface area contributed by atoms with Crippen molar-refractivity contribution >= 4 is 0 Å². The van der Waals surface area contributed by atoms with Crippen LogP contribution in [0.25, 0.3) is 0 Å². The Labute approximate surface area is 82.0 Å². The summed E-state index contributed by atoms with van der Waals surface area (Å²) in [6.07, 6.45) is 7.88. The summed E-state index contributed by atoms with van der Waals surface area (Å²) >= 11 is 0. The Kier molecular flexibility index (Phi) is 3.53. The molecule has 0 aromatic rings. The van der Waals surface area contributed by atoms with Crippen molar-refractivity contribution in [3.05, 3.63) is 36.5 Å². The van der Waals surface area contributed by atoms with E-state index in [-0.39, 0.29) is 0 Å². The van der Waals surface area contributed by atoms with Crippen molar-refractivity contribution in [3.8, 4) is 0 Å². The van der Waals surface area contributed by atoms with E-state index in [0.29, 0.717) is 11.8 Å². The third kappa shape index (κ3) is 2.33. The Morgan fingerprint density at radius 2 is 1.85 bits per heavy atom. The van der Waals surface area contributed by atoms with E-state index in [1.54, 1.807) is 5.57 Å². The van der Waals surface area contributed by atoms with Gasteiger partial charge < -0.3 is 0 Å². The second kappa shape index (κ2) is 4.45. The molecule has 2 atom stereocenters. The largest absolute Gasteiger partial charge is 0.103 e. The van der Waals surface area contributed by atoms with Crippen LogP contribution in [-0.2, 0) is 0 Å². The SMILES string of the molecule is C=C[C@@H]1CCC(=C(C)C)C[C@@H]1C=C. The normalized spacial score (nSPS) is 28.3. The molecule has 0 radical (unpaired) electrons. The van der Waals surface area contributed by atoms with Crippen LogP contribution < -0.4 is 0 Å². The van der Waals surface area contributed by atoms with Crippen LogP contribution in [0.4, 0.5) is 0 Å². The first-order valence-electron chi connectivity index (χ1n) is 5.09. The molecule has 0 heteroatoms. The molecular formula is C13H20. The summed E-state index contributed by atoms with van der Waals surface area (Å²) in [6, 6.07) is 0. The van der Waals surface area contributed by atoms with Gasteiger partial charge in [-0.05, 0) is 44.9 Å². The van der Waals surface area contributed by atoms with Crippen LogP contribution in [0.3, 0.4) is 0 Å². The second-order valence-electron chi connectivity index (χ2n) is 4.15. The van der Waals surface area contributed by atoms with Crippen molar-refractivity contribution in [2.24, 2.45) is 11.8 Å². The molecule has 0 amide bonds. The summed E-state index contributed by atoms with van der Waals surface area (Å²) in [5.41, 5.74) is 3.12. The summed E-state index contributed by atoms with van der Waals surface area (Å²) in [7, 11) is 0. The first-order chi connectivity index (χ1) is 6.19. The van der Waals surface area contributed by atoms with Crippen molar-refractivity contribution in [2.75, 3.05) is 0 Å². The fourth-order valence-electron chi connectivity index (χ4n) is 2.10. The lowest BCUT2D eigenvalue weighted by atomic mass is 9.76. The molecule has 0 saturated heterocycles. The third-order valence-electron chi connectivity index (χ3n) is 3.12. The maximum Gasteiger partial charge on any atom is -0.0136 e. The lowest BCUT2D eigenvalue weighted by Crippen LogP contribution is -2.17. The van der Waals surface area contributed by atoms with E-state index in [4.69, 9.17) is 0 Å². The lowest BCUT2D eigenvalue weighted by Gasteiger charge is -2.29. The molecule has 1 fully saturated rings. The molecule has 0 aromatic carbocycles. The van der Waals surface area contributed by atoms with Crippen LogP contribution in [0.2, 0.25) is 0 Å². The molecule has 13 heavy (non-hydrogen) atoms. The molecule has 0 aliphatic heterocycles. The Balaban J connectivity index is 2.73. The highest BCUT2D eigenvalue weighted by Gasteiger charge is 2.22.